The zero-order valence-corrected chi connectivity index (χ0v) is 30.3. The number of phosphoric ester groups is 2. The van der Waals surface area contributed by atoms with E-state index in [1.807, 2.05) is 0 Å². The van der Waals surface area contributed by atoms with E-state index in [0.29, 0.717) is 16.7 Å². The minimum absolute atomic E-state index is 0.242. The second kappa shape index (κ2) is 15.7. The molecule has 0 radical (unpaired) electrons. The number of carbonyl (C=O) groups excluding carboxylic acids is 1. The van der Waals surface area contributed by atoms with Gasteiger partial charge in [0, 0.05) is 31.6 Å². The summed E-state index contributed by atoms with van der Waals surface area (Å²) in [6.45, 7) is -1.81. The molecule has 0 saturated carbocycles. The number of halogens is 3. The molecule has 2 unspecified atom stereocenters. The number of nitrogens with zero attached hydrogens (tertiary/aromatic N) is 7. The van der Waals surface area contributed by atoms with E-state index in [2.05, 4.69) is 19.3 Å². The zero-order chi connectivity index (χ0) is 40.0. The maximum Gasteiger partial charge on any atom is 0.481 e. The van der Waals surface area contributed by atoms with Crippen molar-refractivity contribution in [3.63, 3.8) is 0 Å². The van der Waals surface area contributed by atoms with E-state index in [9.17, 15) is 57.3 Å². The lowest BCUT2D eigenvalue weighted by Crippen LogP contribution is -2.46. The third-order valence-electron chi connectivity index (χ3n) is 8.91. The lowest BCUT2D eigenvalue weighted by Gasteiger charge is -2.25. The van der Waals surface area contributed by atoms with Crippen LogP contribution in [0.4, 0.5) is 18.0 Å². The number of phosphoric acid groups is 2. The maximum atomic E-state index is 12.6. The lowest BCUT2D eigenvalue weighted by atomic mass is 10.1. The Morgan fingerprint density at radius 3 is 2.22 bits per heavy atom. The number of hydrogen-bond donors (Lipinski definition) is 7. The lowest BCUT2D eigenvalue weighted by molar-refractivity contribution is -0.765. The molecule has 2 saturated heterocycles. The zero-order valence-electron chi connectivity index (χ0n) is 28.5. The number of ether oxygens (including phenoxy) is 2. The molecule has 6 rings (SSSR count). The fraction of sp³-hybridized carbons (Fsp3) is 0.536. The van der Waals surface area contributed by atoms with E-state index in [1.165, 1.54) is 59.6 Å². The van der Waals surface area contributed by atoms with Crippen LogP contribution in [0.2, 0.25) is 0 Å². The van der Waals surface area contributed by atoms with Gasteiger partial charge in [-0.2, -0.15) is 22.0 Å². The van der Waals surface area contributed by atoms with Gasteiger partial charge in [0.05, 0.1) is 25.6 Å². The molecule has 27 heteroatoms. The highest BCUT2D eigenvalue weighted by atomic mass is 31.3. The van der Waals surface area contributed by atoms with Gasteiger partial charge in [-0.1, -0.05) is 0 Å². The van der Waals surface area contributed by atoms with Crippen molar-refractivity contribution in [3.8, 4) is 0 Å². The summed E-state index contributed by atoms with van der Waals surface area (Å²) in [4.78, 5) is 46.2. The second-order valence-corrected chi connectivity index (χ2v) is 15.6. The summed E-state index contributed by atoms with van der Waals surface area (Å²) in [7, 11) is -9.57. The first kappa shape index (κ1) is 41.0. The van der Waals surface area contributed by atoms with Crippen molar-refractivity contribution in [1.82, 2.24) is 34.1 Å². The molecule has 11 atom stereocenters. The Kier molecular flexibility index (Phi) is 11.7. The highest BCUT2D eigenvalue weighted by molar-refractivity contribution is 7.61. The van der Waals surface area contributed by atoms with E-state index in [4.69, 9.17) is 18.5 Å². The van der Waals surface area contributed by atoms with Crippen molar-refractivity contribution in [1.29, 1.82) is 0 Å². The average Bonchev–Trinajstić information content (AvgIpc) is 3.90. The number of hydrogen-bond acceptors (Lipinski definition) is 15. The fourth-order valence-electron chi connectivity index (χ4n) is 5.85. The quantitative estimate of drug-likeness (QED) is 0.0680. The van der Waals surface area contributed by atoms with Crippen molar-refractivity contribution in [2.45, 2.75) is 68.2 Å². The highest BCUT2D eigenvalue weighted by Crippen LogP contribution is 2.60. The molecular formula is C28H36F3N8O14P2+. The van der Waals surface area contributed by atoms with E-state index in [-0.39, 0.29) is 5.65 Å². The Labute approximate surface area is 307 Å². The predicted molar refractivity (Wildman–Crippen MR) is 173 cm³/mol. The second-order valence-electron chi connectivity index (χ2n) is 12.6. The summed E-state index contributed by atoms with van der Waals surface area (Å²) >= 11 is 0. The van der Waals surface area contributed by atoms with Gasteiger partial charge in [-0.05, 0) is 12.5 Å². The number of amides is 2. The SMILES string of the molecule is C[C@@H](c1cc[n+]([C@@H]2O[C@H](COP(=O)(O)OP(=O)(O)OC[C@H]3O[C@@H](n4cnc5c4ncn4ccnc54)[C@H](O)[C@@H]3O)[C@@H](O)[C@H]2O)cc1)N(C)C(=O)NCC(F)(F)F. The summed E-state index contributed by atoms with van der Waals surface area (Å²) < 4.78 is 91.9. The van der Waals surface area contributed by atoms with Crippen molar-refractivity contribution in [2.75, 3.05) is 26.8 Å². The van der Waals surface area contributed by atoms with Crippen LogP contribution in [0.5, 0.6) is 0 Å². The van der Waals surface area contributed by atoms with Crippen molar-refractivity contribution in [2.24, 2.45) is 0 Å². The number of alkyl halides is 3. The highest BCUT2D eigenvalue weighted by Gasteiger charge is 2.50. The molecular weight excluding hydrogens is 791 g/mol. The number of aliphatic hydroxyl groups excluding tert-OH is 4. The first-order valence-corrected chi connectivity index (χ1v) is 19.2. The summed E-state index contributed by atoms with van der Waals surface area (Å²) in [5.41, 5.74) is 1.54. The van der Waals surface area contributed by atoms with Gasteiger partial charge in [0.2, 0.25) is 0 Å². The van der Waals surface area contributed by atoms with Crippen LogP contribution in [-0.4, -0.2) is 135 Å². The molecule has 7 N–H and O–H groups in total. The number of aliphatic hydroxyl groups is 4. The Morgan fingerprint density at radius 1 is 0.964 bits per heavy atom. The molecule has 2 amide bonds. The summed E-state index contributed by atoms with van der Waals surface area (Å²) in [6, 6.07) is 1.29. The monoisotopic (exact) mass is 827 g/mol. The van der Waals surface area contributed by atoms with Crippen LogP contribution in [0.25, 0.3) is 16.8 Å². The van der Waals surface area contributed by atoms with Gasteiger partial charge >= 0.3 is 27.9 Å². The summed E-state index contributed by atoms with van der Waals surface area (Å²) in [6.07, 6.45) is -8.01. The summed E-state index contributed by atoms with van der Waals surface area (Å²) in [5, 5.41) is 44.1. The van der Waals surface area contributed by atoms with Crippen LogP contribution < -0.4 is 9.88 Å². The van der Waals surface area contributed by atoms with Gasteiger partial charge in [0.1, 0.15) is 43.4 Å². The number of fused-ring (bicyclic) bond motifs is 3. The summed E-state index contributed by atoms with van der Waals surface area (Å²) in [5.74, 6) is 0. The molecule has 2 aliphatic heterocycles. The first-order chi connectivity index (χ1) is 25.7. The number of urea groups is 1. The number of imidazole rings is 2. The van der Waals surface area contributed by atoms with Gasteiger partial charge < -0.3 is 49.9 Å². The van der Waals surface area contributed by atoms with Crippen molar-refractivity contribution >= 4 is 38.5 Å². The molecule has 2 aliphatic rings. The Balaban J connectivity index is 0.999. The van der Waals surface area contributed by atoms with Crippen molar-refractivity contribution < 1.29 is 84.7 Å². The topological polar surface area (TPSA) is 286 Å². The normalized spacial score (nSPS) is 28.6. The Hall–Kier alpha value is -3.68. The molecule has 22 nitrogen and oxygen atoms in total. The predicted octanol–water partition coefficient (Wildman–Crippen LogP) is -0.180. The number of carbonyl (C=O) groups is 1. The third kappa shape index (κ3) is 8.99. The largest absolute Gasteiger partial charge is 0.481 e. The molecule has 4 aromatic rings. The first-order valence-electron chi connectivity index (χ1n) is 16.2. The number of pyridine rings is 1. The van der Waals surface area contributed by atoms with E-state index in [1.54, 1.807) is 22.8 Å². The van der Waals surface area contributed by atoms with E-state index >= 15 is 0 Å². The molecule has 2 fully saturated rings. The molecule has 0 spiro atoms. The van der Waals surface area contributed by atoms with Crippen LogP contribution in [0.3, 0.4) is 0 Å². The molecule has 55 heavy (non-hydrogen) atoms. The van der Waals surface area contributed by atoms with Gasteiger partial charge in [-0.15, -0.1) is 0 Å². The van der Waals surface area contributed by atoms with E-state index in [0.717, 1.165) is 4.90 Å². The van der Waals surface area contributed by atoms with Crippen LogP contribution in [0, 0.1) is 0 Å². The van der Waals surface area contributed by atoms with E-state index < -0.39 is 103 Å². The van der Waals surface area contributed by atoms with Gasteiger partial charge in [0.15, 0.2) is 41.5 Å². The Morgan fingerprint density at radius 2 is 1.58 bits per heavy atom. The molecule has 0 bridgehead atoms. The number of nitrogens with one attached hydrogen (secondary N) is 1. The van der Waals surface area contributed by atoms with Crippen molar-refractivity contribution in [3.05, 3.63) is 55.1 Å². The molecule has 6 heterocycles. The van der Waals surface area contributed by atoms with Crippen LogP contribution >= 0.6 is 15.6 Å². The Bertz CT molecular complexity index is 2090. The van der Waals surface area contributed by atoms with Gasteiger partial charge in [-0.25, -0.2) is 28.9 Å². The molecule has 0 aromatic carbocycles. The number of rotatable bonds is 13. The van der Waals surface area contributed by atoms with Crippen LogP contribution in [-0.2, 0) is 32.0 Å². The van der Waals surface area contributed by atoms with Gasteiger partial charge in [-0.3, -0.25) is 18.0 Å². The third-order valence-corrected chi connectivity index (χ3v) is 11.5. The minimum Gasteiger partial charge on any atom is -0.387 e. The van der Waals surface area contributed by atoms with Crippen LogP contribution in [0.15, 0.2) is 49.6 Å². The number of aromatic nitrogens is 6. The van der Waals surface area contributed by atoms with Crippen LogP contribution in [0.1, 0.15) is 31.0 Å². The fourth-order valence-corrected chi connectivity index (χ4v) is 7.94. The standard InChI is InChI=1S/C28H35F3N8O14P2/c1-14(36(2)27(44)33-11-28(29,30)31)15-3-6-37(7-4-15)25-21(42)19(40)16(51-25)9-49-54(45,46)53-55(47,48)50-10-17-20(41)22(43)26(52-17)39-13-34-18-23-32-5-8-38(23)12-35-24(18)39/h3-8,12-14,16-17,19-22,25-26,40-43H,9-11H2,1-2H3,(H2-,33,44,45,46,47,48)/p+1/t14-,16+,17+,19+,20+,21+,22+,25+,26+/m0/s1. The minimum atomic E-state index is -5.44. The molecule has 0 aliphatic carbocycles. The average molecular weight is 828 g/mol. The smallest absolute Gasteiger partial charge is 0.387 e. The molecule has 4 aromatic heterocycles. The van der Waals surface area contributed by atoms with Gasteiger partial charge in [0.25, 0.3) is 6.23 Å². The molecule has 302 valence electrons. The maximum absolute atomic E-state index is 12.6.